The predicted octanol–water partition coefficient (Wildman–Crippen LogP) is -0.258. The molecule has 0 fully saturated rings. The molecule has 0 aliphatic heterocycles. The lowest BCUT2D eigenvalue weighted by molar-refractivity contribution is 0.133. The van der Waals surface area contributed by atoms with Crippen LogP contribution in [0.15, 0.2) is 12.3 Å². The fraction of sp³-hybridized carbons (Fsp3) is 0.250. The van der Waals surface area contributed by atoms with E-state index in [2.05, 4.69) is 16.1 Å². The summed E-state index contributed by atoms with van der Waals surface area (Å²) in [7, 11) is 1.54. The van der Waals surface area contributed by atoms with Crippen LogP contribution in [0, 0.1) is 6.20 Å². The molecule has 0 saturated carbocycles. The van der Waals surface area contributed by atoms with Crippen LogP contribution in [-0.2, 0) is 0 Å². The Morgan fingerprint density at radius 1 is 1.86 bits per heavy atom. The summed E-state index contributed by atoms with van der Waals surface area (Å²) in [6, 6.07) is 1.67. The van der Waals surface area contributed by atoms with Crippen molar-refractivity contribution >= 4 is 0 Å². The van der Waals surface area contributed by atoms with Crippen LogP contribution in [0.25, 0.3) is 0 Å². The van der Waals surface area contributed by atoms with Gasteiger partial charge in [-0.2, -0.15) is 0 Å². The zero-order valence-corrected chi connectivity index (χ0v) is 3.96. The summed E-state index contributed by atoms with van der Waals surface area (Å²) >= 11 is 0. The number of hydrogen-bond donors (Lipinski definition) is 0. The molecule has 0 aromatic carbocycles. The van der Waals surface area contributed by atoms with Crippen molar-refractivity contribution in [2.75, 3.05) is 7.11 Å². The summed E-state index contributed by atoms with van der Waals surface area (Å²) in [6.45, 7) is 0. The highest BCUT2D eigenvalue weighted by atomic mass is 16.7. The molecule has 37 valence electrons. The maximum Gasteiger partial charge on any atom is 0.116 e. The standard InChI is InChI=1S/C4H5N2O/c1-7-6-4-2-3-5-6/h2,4H,1H3. The minimum atomic E-state index is 1.32. The second-order valence-electron chi connectivity index (χ2n) is 1.03. The summed E-state index contributed by atoms with van der Waals surface area (Å²) in [4.78, 5) is 5.95. The van der Waals surface area contributed by atoms with Gasteiger partial charge in [-0.3, -0.25) is 0 Å². The Kier molecular flexibility index (Phi) is 0.978. The Balaban J connectivity index is 2.76. The van der Waals surface area contributed by atoms with Gasteiger partial charge in [0.2, 0.25) is 0 Å². The summed E-state index contributed by atoms with van der Waals surface area (Å²) in [5, 5.41) is 3.60. The molecule has 0 bridgehead atoms. The lowest BCUT2D eigenvalue weighted by Crippen LogP contribution is -2.04. The fourth-order valence-electron chi connectivity index (χ4n) is 0.322. The van der Waals surface area contributed by atoms with Gasteiger partial charge in [0.25, 0.3) is 0 Å². The Hall–Kier alpha value is -0.990. The number of hydrogen-bond acceptors (Lipinski definition) is 2. The lowest BCUT2D eigenvalue weighted by Gasteiger charge is -1.91. The first-order chi connectivity index (χ1) is 3.43. The van der Waals surface area contributed by atoms with Crippen molar-refractivity contribution in [1.29, 1.82) is 0 Å². The van der Waals surface area contributed by atoms with Crippen LogP contribution < -0.4 is 4.84 Å². The van der Waals surface area contributed by atoms with Gasteiger partial charge >= 0.3 is 0 Å². The van der Waals surface area contributed by atoms with E-state index in [4.69, 9.17) is 0 Å². The first-order valence-corrected chi connectivity index (χ1v) is 1.89. The van der Waals surface area contributed by atoms with Gasteiger partial charge in [0, 0.05) is 0 Å². The Bertz CT molecular complexity index is 124. The van der Waals surface area contributed by atoms with E-state index in [0.717, 1.165) is 0 Å². The molecule has 1 aromatic heterocycles. The third kappa shape index (κ3) is 0.707. The van der Waals surface area contributed by atoms with Crippen LogP contribution in [0.1, 0.15) is 0 Å². The number of rotatable bonds is 1. The molecular weight excluding hydrogens is 92.1 g/mol. The van der Waals surface area contributed by atoms with E-state index >= 15 is 0 Å². The molecule has 0 spiro atoms. The number of nitrogens with zero attached hydrogens (tertiary/aromatic N) is 2. The van der Waals surface area contributed by atoms with Crippen molar-refractivity contribution in [1.82, 2.24) is 9.94 Å². The second kappa shape index (κ2) is 1.64. The molecule has 3 heteroatoms. The third-order valence-electron chi connectivity index (χ3n) is 0.620. The molecule has 1 radical (unpaired) electrons. The minimum Gasteiger partial charge on any atom is -0.400 e. The quantitative estimate of drug-likeness (QED) is 0.482. The molecule has 0 saturated heterocycles. The average Bonchev–Trinajstić information content (AvgIpc) is 2.14. The molecule has 1 aromatic rings. The molecule has 0 N–H and O–H groups in total. The fourth-order valence-corrected chi connectivity index (χ4v) is 0.322. The highest BCUT2D eigenvalue weighted by molar-refractivity contribution is 4.72. The van der Waals surface area contributed by atoms with Crippen molar-refractivity contribution in [3.63, 3.8) is 0 Å². The minimum absolute atomic E-state index is 1.32. The van der Waals surface area contributed by atoms with Crippen LogP contribution in [-0.4, -0.2) is 17.1 Å². The molecule has 1 rings (SSSR count). The first kappa shape index (κ1) is 4.18. The maximum atomic E-state index is 4.63. The third-order valence-corrected chi connectivity index (χ3v) is 0.620. The van der Waals surface area contributed by atoms with Crippen LogP contribution in [0.4, 0.5) is 0 Å². The van der Waals surface area contributed by atoms with E-state index in [1.54, 1.807) is 19.4 Å². The molecule has 0 unspecified atom stereocenters. The monoisotopic (exact) mass is 97.0 g/mol. The van der Waals surface area contributed by atoms with Crippen molar-refractivity contribution in [3.05, 3.63) is 18.5 Å². The largest absolute Gasteiger partial charge is 0.400 e. The van der Waals surface area contributed by atoms with Gasteiger partial charge in [-0.25, -0.2) is 0 Å². The van der Waals surface area contributed by atoms with Crippen molar-refractivity contribution in [2.24, 2.45) is 0 Å². The molecule has 0 aliphatic carbocycles. The zero-order chi connectivity index (χ0) is 5.11. The lowest BCUT2D eigenvalue weighted by atomic mass is 10.8. The SMILES string of the molecule is COn1cc[c]n1. The molecule has 0 aliphatic rings. The van der Waals surface area contributed by atoms with Gasteiger partial charge in [-0.05, 0) is 6.07 Å². The molecule has 1 heterocycles. The van der Waals surface area contributed by atoms with E-state index in [9.17, 15) is 0 Å². The normalized spacial score (nSPS) is 8.71. The van der Waals surface area contributed by atoms with Crippen molar-refractivity contribution in [3.8, 4) is 0 Å². The molecule has 3 nitrogen and oxygen atoms in total. The highest BCUT2D eigenvalue weighted by Gasteiger charge is 1.78. The smallest absolute Gasteiger partial charge is 0.116 e. The predicted molar refractivity (Wildman–Crippen MR) is 23.6 cm³/mol. The summed E-state index contributed by atoms with van der Waals surface area (Å²) in [6.07, 6.45) is 4.24. The van der Waals surface area contributed by atoms with Gasteiger partial charge in [-0.1, -0.05) is 0 Å². The molecular formula is C4H5N2O. The van der Waals surface area contributed by atoms with Crippen molar-refractivity contribution in [2.45, 2.75) is 0 Å². The Morgan fingerprint density at radius 2 is 2.71 bits per heavy atom. The highest BCUT2D eigenvalue weighted by Crippen LogP contribution is 1.73. The van der Waals surface area contributed by atoms with Crippen LogP contribution >= 0.6 is 0 Å². The van der Waals surface area contributed by atoms with Gasteiger partial charge in [0.05, 0.1) is 6.20 Å². The van der Waals surface area contributed by atoms with E-state index in [1.165, 1.54) is 4.85 Å². The van der Waals surface area contributed by atoms with E-state index in [-0.39, 0.29) is 0 Å². The summed E-state index contributed by atoms with van der Waals surface area (Å²) < 4.78 is 0. The topological polar surface area (TPSA) is 27.1 Å². The Morgan fingerprint density at radius 3 is 3.00 bits per heavy atom. The first-order valence-electron chi connectivity index (χ1n) is 1.89. The number of aromatic nitrogens is 2. The summed E-state index contributed by atoms with van der Waals surface area (Å²) in [5.41, 5.74) is 0. The molecule has 7 heavy (non-hydrogen) atoms. The zero-order valence-electron chi connectivity index (χ0n) is 3.96. The average molecular weight is 97.1 g/mol. The second-order valence-corrected chi connectivity index (χ2v) is 1.03. The molecule has 0 atom stereocenters. The van der Waals surface area contributed by atoms with Crippen molar-refractivity contribution < 1.29 is 4.84 Å². The Labute approximate surface area is 41.5 Å². The van der Waals surface area contributed by atoms with E-state index in [1.807, 2.05) is 0 Å². The van der Waals surface area contributed by atoms with Gasteiger partial charge in [0.15, 0.2) is 0 Å². The van der Waals surface area contributed by atoms with E-state index < -0.39 is 0 Å². The maximum absolute atomic E-state index is 4.63. The van der Waals surface area contributed by atoms with Crippen LogP contribution in [0.3, 0.4) is 0 Å². The molecule has 0 amide bonds. The van der Waals surface area contributed by atoms with Crippen LogP contribution in [0.2, 0.25) is 0 Å². The van der Waals surface area contributed by atoms with Gasteiger partial charge in [-0.15, -0.1) is 9.94 Å². The summed E-state index contributed by atoms with van der Waals surface area (Å²) in [5.74, 6) is 0. The van der Waals surface area contributed by atoms with Gasteiger partial charge < -0.3 is 4.84 Å². The van der Waals surface area contributed by atoms with Crippen LogP contribution in [0.5, 0.6) is 0 Å². The van der Waals surface area contributed by atoms with Gasteiger partial charge in [0.1, 0.15) is 13.3 Å². The van der Waals surface area contributed by atoms with E-state index in [0.29, 0.717) is 0 Å².